The second-order valence-corrected chi connectivity index (χ2v) is 7.12. The van der Waals surface area contributed by atoms with Gasteiger partial charge < -0.3 is 16.0 Å². The molecule has 7 heteroatoms. The number of halogens is 2. The Hall–Kier alpha value is -0.620. The van der Waals surface area contributed by atoms with E-state index in [2.05, 4.69) is 17.3 Å². The van der Waals surface area contributed by atoms with Crippen LogP contribution < -0.4 is 11.1 Å². The molecule has 0 bridgehead atoms. The van der Waals surface area contributed by atoms with Crippen LogP contribution in [0.15, 0.2) is 12.1 Å². The number of nitrogens with zero attached hydrogens (tertiary/aromatic N) is 1. The van der Waals surface area contributed by atoms with E-state index in [1.807, 2.05) is 11.8 Å². The lowest BCUT2D eigenvalue weighted by Crippen LogP contribution is -2.34. The molecule has 1 aliphatic heterocycles. The number of nitrogens with one attached hydrogen (secondary N) is 1. The Bertz CT molecular complexity index is 498. The van der Waals surface area contributed by atoms with Crippen LogP contribution in [0.5, 0.6) is 0 Å². The molecule has 1 unspecified atom stereocenters. The summed E-state index contributed by atoms with van der Waals surface area (Å²) in [7, 11) is 2.06. The topological polar surface area (TPSA) is 58.4 Å². The van der Waals surface area contributed by atoms with Crippen LogP contribution in [0.25, 0.3) is 0 Å². The number of amides is 1. The molecule has 0 aliphatic carbocycles. The molecule has 1 atom stereocenters. The van der Waals surface area contributed by atoms with Crippen LogP contribution in [0.1, 0.15) is 12.8 Å². The number of rotatable bonds is 5. The van der Waals surface area contributed by atoms with Gasteiger partial charge in [0, 0.05) is 30.4 Å². The second-order valence-electron chi connectivity index (χ2n) is 5.16. The first-order valence-corrected chi connectivity index (χ1v) is 8.71. The molecular formula is C14H19Cl2N3OS. The number of thioether (sulfide) groups is 1. The standard InChI is InChI=1S/C14H19Cl2N3OS/c1-19(10-3-5-21-8-10)4-2-13(20)18-14-11(15)6-9(17)7-12(14)16/h6-7,10H,2-5,8,17H2,1H3,(H,18,20). The van der Waals surface area contributed by atoms with Gasteiger partial charge in [0.2, 0.25) is 5.91 Å². The molecule has 4 nitrogen and oxygen atoms in total. The summed E-state index contributed by atoms with van der Waals surface area (Å²) in [5, 5.41) is 3.47. The van der Waals surface area contributed by atoms with Gasteiger partial charge in [-0.1, -0.05) is 23.2 Å². The lowest BCUT2D eigenvalue weighted by molar-refractivity contribution is -0.116. The fourth-order valence-corrected chi connectivity index (χ4v) is 4.14. The van der Waals surface area contributed by atoms with Crippen LogP contribution >= 0.6 is 35.0 Å². The highest BCUT2D eigenvalue weighted by molar-refractivity contribution is 7.99. The Balaban J connectivity index is 1.87. The predicted octanol–water partition coefficient (Wildman–Crippen LogP) is 3.34. The summed E-state index contributed by atoms with van der Waals surface area (Å²) in [6.07, 6.45) is 1.60. The van der Waals surface area contributed by atoms with Crippen molar-refractivity contribution in [3.8, 4) is 0 Å². The molecule has 1 fully saturated rings. The summed E-state index contributed by atoms with van der Waals surface area (Å²) in [5.41, 5.74) is 6.54. The van der Waals surface area contributed by atoms with Crippen molar-refractivity contribution < 1.29 is 4.79 Å². The first-order chi connectivity index (χ1) is 9.97. The van der Waals surface area contributed by atoms with Gasteiger partial charge >= 0.3 is 0 Å². The van der Waals surface area contributed by atoms with Crippen LogP contribution in [0.4, 0.5) is 11.4 Å². The molecule has 1 saturated heterocycles. The van der Waals surface area contributed by atoms with Gasteiger partial charge in [-0.15, -0.1) is 0 Å². The van der Waals surface area contributed by atoms with E-state index in [1.165, 1.54) is 12.2 Å². The highest BCUT2D eigenvalue weighted by Crippen LogP contribution is 2.32. The highest BCUT2D eigenvalue weighted by atomic mass is 35.5. The van der Waals surface area contributed by atoms with Crippen molar-refractivity contribution in [2.75, 3.05) is 36.1 Å². The molecule has 0 saturated carbocycles. The van der Waals surface area contributed by atoms with E-state index in [4.69, 9.17) is 28.9 Å². The molecule has 3 N–H and O–H groups in total. The predicted molar refractivity (Wildman–Crippen MR) is 92.5 cm³/mol. The molecule has 0 radical (unpaired) electrons. The molecule has 0 spiro atoms. The van der Waals surface area contributed by atoms with Crippen molar-refractivity contribution in [1.82, 2.24) is 4.90 Å². The third-order valence-corrected chi connectivity index (χ3v) is 5.29. The average Bonchev–Trinajstić information content (AvgIpc) is 2.94. The summed E-state index contributed by atoms with van der Waals surface area (Å²) in [6.45, 7) is 0.723. The van der Waals surface area contributed by atoms with Crippen LogP contribution in [-0.2, 0) is 4.79 Å². The zero-order chi connectivity index (χ0) is 15.4. The monoisotopic (exact) mass is 347 g/mol. The van der Waals surface area contributed by atoms with Crippen LogP contribution in [0.2, 0.25) is 10.0 Å². The maximum Gasteiger partial charge on any atom is 0.225 e. The minimum atomic E-state index is -0.0962. The van der Waals surface area contributed by atoms with Crippen LogP contribution in [-0.4, -0.2) is 41.9 Å². The van der Waals surface area contributed by atoms with Crippen LogP contribution in [0.3, 0.4) is 0 Å². The lowest BCUT2D eigenvalue weighted by Gasteiger charge is -2.23. The Kier molecular flexibility index (Phi) is 6.05. The average molecular weight is 348 g/mol. The minimum absolute atomic E-state index is 0.0962. The largest absolute Gasteiger partial charge is 0.399 e. The molecular weight excluding hydrogens is 329 g/mol. The maximum atomic E-state index is 12.0. The van der Waals surface area contributed by atoms with Gasteiger partial charge in [0.25, 0.3) is 0 Å². The lowest BCUT2D eigenvalue weighted by atomic mass is 10.2. The summed E-state index contributed by atoms with van der Waals surface area (Å²) < 4.78 is 0. The van der Waals surface area contributed by atoms with Crippen molar-refractivity contribution in [2.24, 2.45) is 0 Å². The molecule has 1 heterocycles. The third-order valence-electron chi connectivity index (χ3n) is 3.55. The third kappa shape index (κ3) is 4.68. The van der Waals surface area contributed by atoms with Gasteiger partial charge in [0.1, 0.15) is 0 Å². The molecule has 1 aromatic carbocycles. The van der Waals surface area contributed by atoms with E-state index in [9.17, 15) is 4.79 Å². The van der Waals surface area contributed by atoms with E-state index < -0.39 is 0 Å². The fourth-order valence-electron chi connectivity index (χ4n) is 2.24. The summed E-state index contributed by atoms with van der Waals surface area (Å²) >= 11 is 14.1. The van der Waals surface area contributed by atoms with E-state index >= 15 is 0 Å². The van der Waals surface area contributed by atoms with Gasteiger partial charge in [-0.3, -0.25) is 4.79 Å². The number of nitrogen functional groups attached to an aromatic ring is 1. The van der Waals surface area contributed by atoms with Crippen molar-refractivity contribution in [3.05, 3.63) is 22.2 Å². The van der Waals surface area contributed by atoms with Gasteiger partial charge in [-0.25, -0.2) is 0 Å². The summed E-state index contributed by atoms with van der Waals surface area (Å²) in [5.74, 6) is 2.26. The van der Waals surface area contributed by atoms with E-state index in [0.717, 1.165) is 12.3 Å². The number of nitrogens with two attached hydrogens (primary N) is 1. The molecule has 1 amide bonds. The van der Waals surface area contributed by atoms with Crippen molar-refractivity contribution in [1.29, 1.82) is 0 Å². The molecule has 2 rings (SSSR count). The maximum absolute atomic E-state index is 12.0. The Morgan fingerprint density at radius 3 is 2.71 bits per heavy atom. The Morgan fingerprint density at radius 2 is 2.14 bits per heavy atom. The van der Waals surface area contributed by atoms with E-state index in [-0.39, 0.29) is 5.91 Å². The fraction of sp³-hybridized carbons (Fsp3) is 0.500. The van der Waals surface area contributed by atoms with Gasteiger partial charge in [-0.2, -0.15) is 11.8 Å². The molecule has 116 valence electrons. The van der Waals surface area contributed by atoms with E-state index in [1.54, 1.807) is 12.1 Å². The number of hydrogen-bond donors (Lipinski definition) is 2. The zero-order valence-electron chi connectivity index (χ0n) is 11.9. The number of carbonyl (C=O) groups is 1. The number of anilines is 2. The first-order valence-electron chi connectivity index (χ1n) is 6.79. The number of hydrogen-bond acceptors (Lipinski definition) is 4. The molecule has 21 heavy (non-hydrogen) atoms. The summed E-state index contributed by atoms with van der Waals surface area (Å²) in [6, 6.07) is 3.72. The molecule has 0 aromatic heterocycles. The smallest absolute Gasteiger partial charge is 0.225 e. The van der Waals surface area contributed by atoms with Gasteiger partial charge in [-0.05, 0) is 31.4 Å². The quantitative estimate of drug-likeness (QED) is 0.802. The Morgan fingerprint density at radius 1 is 1.48 bits per heavy atom. The Labute approximate surface area is 139 Å². The SMILES string of the molecule is CN(CCC(=O)Nc1c(Cl)cc(N)cc1Cl)C1CCSC1. The number of benzene rings is 1. The van der Waals surface area contributed by atoms with Crippen molar-refractivity contribution in [3.63, 3.8) is 0 Å². The minimum Gasteiger partial charge on any atom is -0.399 e. The highest BCUT2D eigenvalue weighted by Gasteiger charge is 2.20. The zero-order valence-corrected chi connectivity index (χ0v) is 14.2. The molecule has 1 aromatic rings. The normalized spacial score (nSPS) is 18.2. The number of carbonyl (C=O) groups excluding carboxylic acids is 1. The van der Waals surface area contributed by atoms with Gasteiger partial charge in [0.05, 0.1) is 15.7 Å². The first kappa shape index (κ1) is 16.7. The summed E-state index contributed by atoms with van der Waals surface area (Å²) in [4.78, 5) is 14.3. The van der Waals surface area contributed by atoms with Crippen molar-refractivity contribution in [2.45, 2.75) is 18.9 Å². The van der Waals surface area contributed by atoms with Gasteiger partial charge in [0.15, 0.2) is 0 Å². The van der Waals surface area contributed by atoms with Crippen molar-refractivity contribution >= 4 is 52.2 Å². The second kappa shape index (κ2) is 7.58. The molecule has 1 aliphatic rings. The van der Waals surface area contributed by atoms with E-state index in [0.29, 0.717) is 33.9 Å². The van der Waals surface area contributed by atoms with Crippen LogP contribution in [0, 0.1) is 0 Å².